The molecular weight excluding hydrogens is 308 g/mol. The van der Waals surface area contributed by atoms with Gasteiger partial charge >= 0.3 is 10.4 Å². The third-order valence-electron chi connectivity index (χ3n) is 3.16. The highest BCUT2D eigenvalue weighted by molar-refractivity contribution is 7.81. The van der Waals surface area contributed by atoms with Gasteiger partial charge in [0.1, 0.15) is 5.75 Å². The van der Waals surface area contributed by atoms with Gasteiger partial charge in [-0.2, -0.15) is 13.4 Å². The number of nitrogens with zero attached hydrogens (tertiary/aromatic N) is 3. The van der Waals surface area contributed by atoms with Crippen molar-refractivity contribution in [2.45, 2.75) is 0 Å². The zero-order valence-corrected chi connectivity index (χ0v) is 12.3. The van der Waals surface area contributed by atoms with E-state index < -0.39 is 10.4 Å². The van der Waals surface area contributed by atoms with E-state index in [0.29, 0.717) is 11.6 Å². The normalized spacial score (nSPS) is 11.7. The number of hydrogen-bond acceptors (Lipinski definition) is 6. The minimum atomic E-state index is -4.52. The minimum Gasteiger partial charge on any atom is -0.369 e. The maximum atomic E-state index is 10.6. The summed E-state index contributed by atoms with van der Waals surface area (Å²) >= 11 is 0. The zero-order valence-electron chi connectivity index (χ0n) is 11.5. The van der Waals surface area contributed by atoms with Gasteiger partial charge in [0.05, 0.1) is 5.52 Å². The van der Waals surface area contributed by atoms with Crippen molar-refractivity contribution in [2.24, 2.45) is 7.05 Å². The Hall–Kier alpha value is -2.65. The summed E-state index contributed by atoms with van der Waals surface area (Å²) in [7, 11) is -2.73. The average molecular weight is 320 g/mol. The molecule has 0 aliphatic carbocycles. The summed E-state index contributed by atoms with van der Waals surface area (Å²) in [6.45, 7) is 0. The fourth-order valence-corrected chi connectivity index (χ4v) is 2.42. The monoisotopic (exact) mass is 320 g/mol. The maximum absolute atomic E-state index is 10.6. The Morgan fingerprint density at radius 1 is 1.23 bits per heavy atom. The van der Waals surface area contributed by atoms with Crippen LogP contribution in [-0.2, 0) is 17.4 Å². The predicted octanol–water partition coefficient (Wildman–Crippen LogP) is 1.40. The molecule has 0 radical (unpaired) electrons. The molecule has 8 nitrogen and oxygen atoms in total. The van der Waals surface area contributed by atoms with Gasteiger partial charge in [0.2, 0.25) is 5.95 Å². The van der Waals surface area contributed by atoms with E-state index in [9.17, 15) is 8.42 Å². The molecule has 0 bridgehead atoms. The van der Waals surface area contributed by atoms with E-state index in [1.165, 1.54) is 12.1 Å². The molecule has 114 valence electrons. The van der Waals surface area contributed by atoms with Crippen molar-refractivity contribution < 1.29 is 17.2 Å². The fourth-order valence-electron chi connectivity index (χ4n) is 2.07. The van der Waals surface area contributed by atoms with Gasteiger partial charge in [-0.25, -0.2) is 4.98 Å². The van der Waals surface area contributed by atoms with Crippen molar-refractivity contribution in [3.8, 4) is 16.9 Å². The Bertz CT molecular complexity index is 948. The number of hydrogen-bond donors (Lipinski definition) is 2. The Morgan fingerprint density at radius 2 is 1.91 bits per heavy atom. The summed E-state index contributed by atoms with van der Waals surface area (Å²) in [4.78, 5) is 8.36. The second kappa shape index (κ2) is 4.97. The minimum absolute atomic E-state index is 0.0186. The van der Waals surface area contributed by atoms with Crippen LogP contribution in [0.1, 0.15) is 0 Å². The van der Waals surface area contributed by atoms with Crippen molar-refractivity contribution in [2.75, 3.05) is 5.73 Å². The van der Waals surface area contributed by atoms with Crippen LogP contribution in [0.5, 0.6) is 5.75 Å². The molecule has 0 aliphatic rings. The number of rotatable bonds is 3. The smallest absolute Gasteiger partial charge is 0.369 e. The van der Waals surface area contributed by atoms with Crippen LogP contribution in [0.15, 0.2) is 36.5 Å². The van der Waals surface area contributed by atoms with Gasteiger partial charge in [0, 0.05) is 18.8 Å². The van der Waals surface area contributed by atoms with Crippen LogP contribution in [0, 0.1) is 0 Å². The van der Waals surface area contributed by atoms with Crippen LogP contribution in [0.25, 0.3) is 22.3 Å². The predicted molar refractivity (Wildman–Crippen MR) is 80.5 cm³/mol. The molecule has 0 amide bonds. The van der Waals surface area contributed by atoms with Crippen LogP contribution in [0.4, 0.5) is 5.95 Å². The first-order chi connectivity index (χ1) is 10.3. The van der Waals surface area contributed by atoms with E-state index in [4.69, 9.17) is 10.3 Å². The van der Waals surface area contributed by atoms with E-state index in [1.54, 1.807) is 29.9 Å². The first-order valence-electron chi connectivity index (χ1n) is 6.19. The number of nitrogens with two attached hydrogens (primary N) is 1. The molecule has 0 unspecified atom stereocenters. The maximum Gasteiger partial charge on any atom is 0.446 e. The highest BCUT2D eigenvalue weighted by atomic mass is 32.3. The molecule has 0 atom stereocenters. The van der Waals surface area contributed by atoms with Gasteiger partial charge in [-0.1, -0.05) is 12.1 Å². The van der Waals surface area contributed by atoms with E-state index in [-0.39, 0.29) is 5.75 Å². The van der Waals surface area contributed by atoms with E-state index in [2.05, 4.69) is 14.2 Å². The standard InChI is InChI=1S/C13H12N4O4S/c1-17-11-6-9(7-15-12(11)16-13(17)14)8-2-4-10(5-3-8)21-22(18,19)20/h2-7H,1H3,(H2,14,15,16)(H,18,19,20). The number of anilines is 1. The third-order valence-corrected chi connectivity index (χ3v) is 3.56. The Kier molecular flexibility index (Phi) is 3.23. The Labute approximate surface area is 126 Å². The van der Waals surface area contributed by atoms with Crippen molar-refractivity contribution in [3.63, 3.8) is 0 Å². The topological polar surface area (TPSA) is 120 Å². The van der Waals surface area contributed by atoms with Crippen molar-refractivity contribution in [3.05, 3.63) is 36.5 Å². The number of pyridine rings is 1. The summed E-state index contributed by atoms with van der Waals surface area (Å²) in [5.41, 5.74) is 8.69. The molecule has 2 heterocycles. The molecular formula is C13H12N4O4S. The van der Waals surface area contributed by atoms with Gasteiger partial charge in [-0.15, -0.1) is 0 Å². The van der Waals surface area contributed by atoms with Crippen LogP contribution in [-0.4, -0.2) is 27.5 Å². The first-order valence-corrected chi connectivity index (χ1v) is 7.55. The lowest BCUT2D eigenvalue weighted by Crippen LogP contribution is -2.06. The second-order valence-corrected chi connectivity index (χ2v) is 5.65. The number of aromatic nitrogens is 3. The van der Waals surface area contributed by atoms with Crippen LogP contribution < -0.4 is 9.92 Å². The summed E-state index contributed by atoms with van der Waals surface area (Å²) in [6, 6.07) is 8.06. The summed E-state index contributed by atoms with van der Waals surface area (Å²) in [5, 5.41) is 0. The molecule has 3 rings (SSSR count). The first kappa shape index (κ1) is 14.3. The van der Waals surface area contributed by atoms with Gasteiger partial charge in [0.25, 0.3) is 0 Å². The van der Waals surface area contributed by atoms with Gasteiger partial charge in [0.15, 0.2) is 5.65 Å². The number of aryl methyl sites for hydroxylation is 1. The average Bonchev–Trinajstić information content (AvgIpc) is 2.73. The molecule has 0 aliphatic heterocycles. The largest absolute Gasteiger partial charge is 0.446 e. The SMILES string of the molecule is Cn1c(N)nc2ncc(-c3ccc(OS(=O)(=O)O)cc3)cc21. The van der Waals surface area contributed by atoms with Gasteiger partial charge in [-0.05, 0) is 23.8 Å². The molecule has 9 heteroatoms. The highest BCUT2D eigenvalue weighted by Crippen LogP contribution is 2.25. The summed E-state index contributed by atoms with van der Waals surface area (Å²) in [6.07, 6.45) is 1.65. The number of imidazole rings is 1. The number of fused-ring (bicyclic) bond motifs is 1. The van der Waals surface area contributed by atoms with Crippen LogP contribution in [0.2, 0.25) is 0 Å². The number of benzene rings is 1. The van der Waals surface area contributed by atoms with Crippen LogP contribution >= 0.6 is 0 Å². The molecule has 0 fully saturated rings. The second-order valence-electron chi connectivity index (χ2n) is 4.63. The highest BCUT2D eigenvalue weighted by Gasteiger charge is 2.09. The lowest BCUT2D eigenvalue weighted by molar-refractivity contribution is 0.387. The molecule has 1 aromatic carbocycles. The van der Waals surface area contributed by atoms with E-state index in [1.807, 2.05) is 6.07 Å². The van der Waals surface area contributed by atoms with E-state index in [0.717, 1.165) is 16.6 Å². The third kappa shape index (κ3) is 2.71. The quantitative estimate of drug-likeness (QED) is 0.700. The Morgan fingerprint density at radius 3 is 2.55 bits per heavy atom. The Balaban J connectivity index is 1.98. The fraction of sp³-hybridized carbons (Fsp3) is 0.0769. The molecule has 3 aromatic rings. The molecule has 22 heavy (non-hydrogen) atoms. The zero-order chi connectivity index (χ0) is 15.9. The summed E-state index contributed by atoms with van der Waals surface area (Å²) < 4.78 is 36.0. The van der Waals surface area contributed by atoms with Crippen molar-refractivity contribution >= 4 is 27.5 Å². The van der Waals surface area contributed by atoms with E-state index >= 15 is 0 Å². The van der Waals surface area contributed by atoms with Gasteiger partial charge in [-0.3, -0.25) is 4.55 Å². The summed E-state index contributed by atoms with van der Waals surface area (Å²) in [5.74, 6) is 0.390. The number of nitrogen functional groups attached to an aromatic ring is 1. The van der Waals surface area contributed by atoms with Crippen LogP contribution in [0.3, 0.4) is 0 Å². The van der Waals surface area contributed by atoms with Crippen molar-refractivity contribution in [1.29, 1.82) is 0 Å². The van der Waals surface area contributed by atoms with Gasteiger partial charge < -0.3 is 14.5 Å². The molecule has 3 N–H and O–H groups in total. The van der Waals surface area contributed by atoms with Crippen molar-refractivity contribution in [1.82, 2.24) is 14.5 Å². The molecule has 0 saturated carbocycles. The molecule has 2 aromatic heterocycles. The lowest BCUT2D eigenvalue weighted by Gasteiger charge is -2.05. The molecule has 0 spiro atoms. The molecule has 0 saturated heterocycles. The lowest BCUT2D eigenvalue weighted by atomic mass is 10.1.